The normalized spacial score (nSPS) is 16.1. The minimum absolute atomic E-state index is 0.109. The Bertz CT molecular complexity index is 830. The summed E-state index contributed by atoms with van der Waals surface area (Å²) in [7, 11) is 0. The van der Waals surface area contributed by atoms with Gasteiger partial charge in [0, 0.05) is 33.8 Å². The number of benzene rings is 1. The number of halogens is 3. The Morgan fingerprint density at radius 1 is 1.05 bits per heavy atom. The topological polar surface area (TPSA) is 49.9 Å². The molecular formula is C14H6Cl3NO2. The molecule has 0 spiro atoms. The lowest BCUT2D eigenvalue weighted by molar-refractivity contribution is -0.113. The van der Waals surface area contributed by atoms with Gasteiger partial charge in [-0.2, -0.15) is 0 Å². The molecule has 0 fully saturated rings. The second-order valence-electron chi connectivity index (χ2n) is 4.27. The number of carbonyl (C=O) groups is 2. The Morgan fingerprint density at radius 3 is 2.55 bits per heavy atom. The number of rotatable bonds is 1. The molecule has 1 aromatic heterocycles. The summed E-state index contributed by atoms with van der Waals surface area (Å²) >= 11 is 17.7. The smallest absolute Gasteiger partial charge is 0.206 e. The van der Waals surface area contributed by atoms with Crippen molar-refractivity contribution in [3.63, 3.8) is 0 Å². The molecule has 1 heterocycles. The molecule has 1 aliphatic rings. The highest BCUT2D eigenvalue weighted by Crippen LogP contribution is 2.35. The molecule has 0 unspecified atom stereocenters. The average molecular weight is 327 g/mol. The first-order chi connectivity index (χ1) is 9.49. The maximum Gasteiger partial charge on any atom is 0.206 e. The Kier molecular flexibility index (Phi) is 3.21. The van der Waals surface area contributed by atoms with E-state index in [1.54, 1.807) is 24.4 Å². The van der Waals surface area contributed by atoms with Crippen LogP contribution in [0.1, 0.15) is 5.56 Å². The van der Waals surface area contributed by atoms with Crippen molar-refractivity contribution in [1.82, 2.24) is 4.98 Å². The van der Waals surface area contributed by atoms with E-state index in [4.69, 9.17) is 34.8 Å². The van der Waals surface area contributed by atoms with E-state index >= 15 is 0 Å². The molecule has 0 radical (unpaired) electrons. The van der Waals surface area contributed by atoms with Crippen molar-refractivity contribution in [2.75, 3.05) is 0 Å². The Balaban J connectivity index is 2.27. The van der Waals surface area contributed by atoms with Gasteiger partial charge in [0.25, 0.3) is 0 Å². The van der Waals surface area contributed by atoms with Crippen LogP contribution < -0.4 is 0 Å². The van der Waals surface area contributed by atoms with Crippen molar-refractivity contribution in [3.05, 3.63) is 51.1 Å². The quantitative estimate of drug-likeness (QED) is 0.804. The molecule has 20 heavy (non-hydrogen) atoms. The lowest BCUT2D eigenvalue weighted by Gasteiger charge is -2.11. The summed E-state index contributed by atoms with van der Waals surface area (Å²) in [5, 5.41) is 1.04. The standard InChI is InChI=1S/C14H6Cl3NO2/c15-6-1-2-7-8(5-18-10(7)3-6)12-13(17)11(19)4-9(16)14(12)20/h1-5,18H. The summed E-state index contributed by atoms with van der Waals surface area (Å²) in [6, 6.07) is 5.17. The van der Waals surface area contributed by atoms with Gasteiger partial charge >= 0.3 is 0 Å². The number of fused-ring (bicyclic) bond motifs is 1. The van der Waals surface area contributed by atoms with E-state index in [1.807, 2.05) is 0 Å². The fraction of sp³-hybridized carbons (Fsp3) is 0. The fourth-order valence-corrected chi connectivity index (χ4v) is 2.74. The molecule has 0 amide bonds. The minimum atomic E-state index is -0.477. The van der Waals surface area contributed by atoms with E-state index in [0.29, 0.717) is 10.6 Å². The molecule has 1 aromatic carbocycles. The average Bonchev–Trinajstić information content (AvgIpc) is 2.80. The van der Waals surface area contributed by atoms with Gasteiger partial charge in [0.2, 0.25) is 5.78 Å². The molecule has 100 valence electrons. The number of hydrogen-bond acceptors (Lipinski definition) is 2. The summed E-state index contributed by atoms with van der Waals surface area (Å²) in [5.74, 6) is -0.943. The number of H-pyrrole nitrogens is 1. The van der Waals surface area contributed by atoms with E-state index in [9.17, 15) is 9.59 Å². The third-order valence-electron chi connectivity index (χ3n) is 3.05. The van der Waals surface area contributed by atoms with E-state index in [-0.39, 0.29) is 15.6 Å². The Morgan fingerprint density at radius 2 is 1.80 bits per heavy atom. The van der Waals surface area contributed by atoms with Gasteiger partial charge in [-0.05, 0) is 12.1 Å². The van der Waals surface area contributed by atoms with Crippen LogP contribution in [0.15, 0.2) is 40.5 Å². The molecular weight excluding hydrogens is 321 g/mol. The van der Waals surface area contributed by atoms with Gasteiger partial charge in [-0.25, -0.2) is 0 Å². The Hall–Kier alpha value is -1.55. The zero-order valence-electron chi connectivity index (χ0n) is 9.84. The van der Waals surface area contributed by atoms with Crippen LogP contribution in [0.3, 0.4) is 0 Å². The number of nitrogens with one attached hydrogen (secondary N) is 1. The number of hydrogen-bond donors (Lipinski definition) is 1. The third kappa shape index (κ3) is 1.99. The summed E-state index contributed by atoms with van der Waals surface area (Å²) in [6.07, 6.45) is 2.64. The number of Topliss-reactive ketones (excluding diaryl/α,β-unsaturated/α-hetero) is 1. The van der Waals surface area contributed by atoms with Crippen molar-refractivity contribution in [3.8, 4) is 0 Å². The molecule has 0 saturated carbocycles. The molecule has 0 bridgehead atoms. The fourth-order valence-electron chi connectivity index (χ4n) is 2.13. The van der Waals surface area contributed by atoms with Crippen molar-refractivity contribution >= 4 is 62.8 Å². The molecule has 3 nitrogen and oxygen atoms in total. The molecule has 2 aromatic rings. The van der Waals surface area contributed by atoms with Crippen LogP contribution in [0.2, 0.25) is 5.02 Å². The van der Waals surface area contributed by atoms with E-state index < -0.39 is 11.6 Å². The summed E-state index contributed by atoms with van der Waals surface area (Å²) in [5.41, 5.74) is 1.39. The molecule has 1 aliphatic carbocycles. The predicted octanol–water partition coefficient (Wildman–Crippen LogP) is 4.05. The zero-order chi connectivity index (χ0) is 14.4. The second kappa shape index (κ2) is 4.77. The molecule has 1 N–H and O–H groups in total. The lowest BCUT2D eigenvalue weighted by atomic mass is 9.95. The van der Waals surface area contributed by atoms with Crippen LogP contribution in [-0.2, 0) is 9.59 Å². The molecule has 0 saturated heterocycles. The summed E-state index contributed by atoms with van der Waals surface area (Å²) in [6.45, 7) is 0. The van der Waals surface area contributed by atoms with Crippen LogP contribution in [-0.4, -0.2) is 16.6 Å². The minimum Gasteiger partial charge on any atom is -0.360 e. The number of carbonyl (C=O) groups excluding carboxylic acids is 2. The Labute approximate surface area is 128 Å². The number of aromatic amines is 1. The van der Waals surface area contributed by atoms with Gasteiger partial charge in [-0.15, -0.1) is 0 Å². The SMILES string of the molecule is O=C1C=C(Cl)C(=O)C(c2c[nH]c3cc(Cl)ccc23)=C1Cl. The highest BCUT2D eigenvalue weighted by Gasteiger charge is 2.29. The number of aromatic nitrogens is 1. The predicted molar refractivity (Wildman–Crippen MR) is 80.0 cm³/mol. The lowest BCUT2D eigenvalue weighted by Crippen LogP contribution is -2.13. The zero-order valence-corrected chi connectivity index (χ0v) is 12.1. The van der Waals surface area contributed by atoms with Crippen LogP contribution in [0.25, 0.3) is 16.5 Å². The maximum absolute atomic E-state index is 12.2. The van der Waals surface area contributed by atoms with E-state index in [2.05, 4.69) is 4.98 Å². The van der Waals surface area contributed by atoms with Crippen molar-refractivity contribution in [1.29, 1.82) is 0 Å². The number of ketones is 2. The van der Waals surface area contributed by atoms with Crippen LogP contribution in [0.5, 0.6) is 0 Å². The van der Waals surface area contributed by atoms with Crippen molar-refractivity contribution < 1.29 is 9.59 Å². The van der Waals surface area contributed by atoms with Crippen molar-refractivity contribution in [2.45, 2.75) is 0 Å². The molecule has 0 aliphatic heterocycles. The molecule has 3 rings (SSSR count). The highest BCUT2D eigenvalue weighted by atomic mass is 35.5. The maximum atomic E-state index is 12.2. The van der Waals surface area contributed by atoms with Gasteiger partial charge in [0.1, 0.15) is 0 Å². The first-order valence-electron chi connectivity index (χ1n) is 5.62. The van der Waals surface area contributed by atoms with E-state index in [0.717, 1.165) is 17.0 Å². The largest absolute Gasteiger partial charge is 0.360 e. The summed E-state index contributed by atoms with van der Waals surface area (Å²) < 4.78 is 0. The van der Waals surface area contributed by atoms with Gasteiger partial charge in [-0.3, -0.25) is 9.59 Å². The van der Waals surface area contributed by atoms with Gasteiger partial charge in [-0.1, -0.05) is 40.9 Å². The van der Waals surface area contributed by atoms with Crippen LogP contribution in [0, 0.1) is 0 Å². The van der Waals surface area contributed by atoms with Crippen molar-refractivity contribution in [2.24, 2.45) is 0 Å². The van der Waals surface area contributed by atoms with Crippen LogP contribution in [0.4, 0.5) is 0 Å². The van der Waals surface area contributed by atoms with E-state index in [1.165, 1.54) is 0 Å². The first-order valence-corrected chi connectivity index (χ1v) is 6.75. The summed E-state index contributed by atoms with van der Waals surface area (Å²) in [4.78, 5) is 26.9. The van der Waals surface area contributed by atoms with Gasteiger partial charge in [0.15, 0.2) is 5.78 Å². The molecule has 6 heteroatoms. The highest BCUT2D eigenvalue weighted by molar-refractivity contribution is 6.62. The second-order valence-corrected chi connectivity index (χ2v) is 5.49. The number of allylic oxidation sites excluding steroid dienone is 4. The van der Waals surface area contributed by atoms with Gasteiger partial charge < -0.3 is 4.98 Å². The van der Waals surface area contributed by atoms with Crippen LogP contribution >= 0.6 is 34.8 Å². The molecule has 0 atom stereocenters. The van der Waals surface area contributed by atoms with Gasteiger partial charge in [0.05, 0.1) is 15.6 Å². The third-order valence-corrected chi connectivity index (χ3v) is 3.94. The first kappa shape index (κ1) is 13.4. The monoisotopic (exact) mass is 325 g/mol.